The first-order chi connectivity index (χ1) is 8.22. The number of benzene rings is 1. The van der Waals surface area contributed by atoms with Gasteiger partial charge in [-0.25, -0.2) is 4.39 Å². The summed E-state index contributed by atoms with van der Waals surface area (Å²) >= 11 is 0. The summed E-state index contributed by atoms with van der Waals surface area (Å²) in [6.07, 6.45) is 1.71. The highest BCUT2D eigenvalue weighted by molar-refractivity contribution is 5.33. The molecule has 94 valence electrons. The van der Waals surface area contributed by atoms with Gasteiger partial charge in [0, 0.05) is 18.8 Å². The Kier molecular flexibility index (Phi) is 3.64. The molecular formula is C13H18FNO2. The number of rotatable bonds is 3. The molecule has 1 heterocycles. The summed E-state index contributed by atoms with van der Waals surface area (Å²) in [6, 6.07) is 5.16. The molecule has 3 nitrogen and oxygen atoms in total. The van der Waals surface area contributed by atoms with Crippen molar-refractivity contribution in [2.24, 2.45) is 0 Å². The van der Waals surface area contributed by atoms with E-state index in [-0.39, 0.29) is 17.1 Å². The van der Waals surface area contributed by atoms with Gasteiger partial charge in [0.15, 0.2) is 11.6 Å². The summed E-state index contributed by atoms with van der Waals surface area (Å²) in [6.45, 7) is 1.41. The van der Waals surface area contributed by atoms with Gasteiger partial charge in [0.1, 0.15) is 0 Å². The van der Waals surface area contributed by atoms with Gasteiger partial charge in [-0.2, -0.15) is 0 Å². The Labute approximate surface area is 101 Å². The molecule has 4 heteroatoms. The monoisotopic (exact) mass is 239 g/mol. The molecule has 17 heavy (non-hydrogen) atoms. The van der Waals surface area contributed by atoms with Gasteiger partial charge in [-0.1, -0.05) is 6.07 Å². The maximum atomic E-state index is 13.7. The number of nitrogens with one attached hydrogen (secondary N) is 1. The van der Waals surface area contributed by atoms with Crippen LogP contribution in [0.4, 0.5) is 4.39 Å². The molecule has 1 aliphatic heterocycles. The molecule has 1 saturated heterocycles. The number of ether oxygens (including phenoxy) is 2. The summed E-state index contributed by atoms with van der Waals surface area (Å²) in [5, 5.41) is 3.31. The van der Waals surface area contributed by atoms with Crippen LogP contribution in [0.1, 0.15) is 18.4 Å². The van der Waals surface area contributed by atoms with E-state index in [0.717, 1.165) is 18.4 Å². The third kappa shape index (κ3) is 2.28. The summed E-state index contributed by atoms with van der Waals surface area (Å²) in [5.74, 6) is -0.0295. The summed E-state index contributed by atoms with van der Waals surface area (Å²) < 4.78 is 24.0. The Morgan fingerprint density at radius 1 is 1.35 bits per heavy atom. The highest BCUT2D eigenvalue weighted by Crippen LogP contribution is 2.33. The zero-order valence-electron chi connectivity index (χ0n) is 10.3. The van der Waals surface area contributed by atoms with Crippen molar-refractivity contribution in [3.8, 4) is 5.75 Å². The molecule has 0 atom stereocenters. The highest BCUT2D eigenvalue weighted by atomic mass is 19.1. The van der Waals surface area contributed by atoms with Gasteiger partial charge >= 0.3 is 0 Å². The molecule has 0 bridgehead atoms. The normalized spacial score (nSPS) is 19.0. The molecule has 1 N–H and O–H groups in total. The minimum atomic E-state index is -0.314. The van der Waals surface area contributed by atoms with Crippen LogP contribution in [-0.4, -0.2) is 27.4 Å². The second-order valence-corrected chi connectivity index (χ2v) is 4.29. The average Bonchev–Trinajstić information content (AvgIpc) is 2.39. The highest BCUT2D eigenvalue weighted by Gasteiger charge is 2.33. The first kappa shape index (κ1) is 12.3. The zero-order valence-corrected chi connectivity index (χ0v) is 10.3. The minimum Gasteiger partial charge on any atom is -0.494 e. The minimum absolute atomic E-state index is 0.175. The Morgan fingerprint density at radius 2 is 2.06 bits per heavy atom. The van der Waals surface area contributed by atoms with Crippen LogP contribution in [0.3, 0.4) is 0 Å². The molecule has 0 aromatic heterocycles. The van der Waals surface area contributed by atoms with Crippen molar-refractivity contribution in [3.05, 3.63) is 29.6 Å². The molecule has 1 fully saturated rings. The van der Waals surface area contributed by atoms with E-state index in [2.05, 4.69) is 5.32 Å². The fourth-order valence-electron chi connectivity index (χ4n) is 2.37. The van der Waals surface area contributed by atoms with E-state index >= 15 is 0 Å². The van der Waals surface area contributed by atoms with Crippen molar-refractivity contribution in [1.82, 2.24) is 5.32 Å². The van der Waals surface area contributed by atoms with Gasteiger partial charge in [-0.3, -0.25) is 0 Å². The van der Waals surface area contributed by atoms with Crippen molar-refractivity contribution >= 4 is 0 Å². The topological polar surface area (TPSA) is 30.5 Å². The van der Waals surface area contributed by atoms with Crippen LogP contribution in [0, 0.1) is 5.82 Å². The summed E-state index contributed by atoms with van der Waals surface area (Å²) in [4.78, 5) is 0. The molecule has 1 aromatic carbocycles. The summed E-state index contributed by atoms with van der Waals surface area (Å²) in [7, 11) is 3.38. The maximum absolute atomic E-state index is 13.7. The van der Waals surface area contributed by atoms with E-state index in [1.807, 2.05) is 13.1 Å². The predicted molar refractivity (Wildman–Crippen MR) is 63.7 cm³/mol. The molecule has 0 spiro atoms. The van der Waals surface area contributed by atoms with E-state index in [4.69, 9.17) is 9.47 Å². The van der Waals surface area contributed by atoms with E-state index < -0.39 is 0 Å². The molecule has 0 radical (unpaired) electrons. The Bertz CT molecular complexity index is 389. The van der Waals surface area contributed by atoms with Crippen LogP contribution in [0.25, 0.3) is 0 Å². The van der Waals surface area contributed by atoms with E-state index in [9.17, 15) is 4.39 Å². The third-order valence-electron chi connectivity index (χ3n) is 3.53. The molecular weight excluding hydrogens is 221 g/mol. The van der Waals surface area contributed by atoms with Crippen LogP contribution in [-0.2, 0) is 10.3 Å². The van der Waals surface area contributed by atoms with Gasteiger partial charge in [0.05, 0.1) is 7.11 Å². The number of hydrogen-bond acceptors (Lipinski definition) is 3. The van der Waals surface area contributed by atoms with Crippen LogP contribution in [0.2, 0.25) is 0 Å². The number of halogens is 1. The summed E-state index contributed by atoms with van der Waals surface area (Å²) in [5.41, 5.74) is 0.785. The molecule has 0 unspecified atom stereocenters. The van der Waals surface area contributed by atoms with Crippen molar-refractivity contribution in [2.45, 2.75) is 18.4 Å². The zero-order chi connectivity index (χ0) is 12.3. The van der Waals surface area contributed by atoms with Gasteiger partial charge in [-0.15, -0.1) is 0 Å². The number of hydrogen-bond donors (Lipinski definition) is 1. The molecule has 2 rings (SSSR count). The average molecular weight is 239 g/mol. The van der Waals surface area contributed by atoms with Gasteiger partial charge in [0.25, 0.3) is 0 Å². The van der Waals surface area contributed by atoms with Crippen molar-refractivity contribution < 1.29 is 13.9 Å². The van der Waals surface area contributed by atoms with Crippen molar-refractivity contribution in [3.63, 3.8) is 0 Å². The molecule has 0 aliphatic carbocycles. The second-order valence-electron chi connectivity index (χ2n) is 4.29. The third-order valence-corrected chi connectivity index (χ3v) is 3.53. The smallest absolute Gasteiger partial charge is 0.165 e. The van der Waals surface area contributed by atoms with Gasteiger partial charge in [0.2, 0.25) is 0 Å². The van der Waals surface area contributed by atoms with Crippen LogP contribution >= 0.6 is 0 Å². The SMILES string of the molecule is CNC1(c2ccc(OC)c(F)c2)CCOCC1. The quantitative estimate of drug-likeness (QED) is 0.875. The van der Waals surface area contributed by atoms with Crippen molar-refractivity contribution in [1.29, 1.82) is 0 Å². The molecule has 0 amide bonds. The first-order valence-electron chi connectivity index (χ1n) is 5.82. The predicted octanol–water partition coefficient (Wildman–Crippen LogP) is 2.06. The second kappa shape index (κ2) is 5.02. The van der Waals surface area contributed by atoms with E-state index in [1.54, 1.807) is 12.1 Å². The lowest BCUT2D eigenvalue weighted by Gasteiger charge is -2.37. The van der Waals surface area contributed by atoms with E-state index in [0.29, 0.717) is 13.2 Å². The Morgan fingerprint density at radius 3 is 2.59 bits per heavy atom. The van der Waals surface area contributed by atoms with Crippen molar-refractivity contribution in [2.75, 3.05) is 27.4 Å². The number of methoxy groups -OCH3 is 1. The largest absolute Gasteiger partial charge is 0.494 e. The first-order valence-corrected chi connectivity index (χ1v) is 5.82. The molecule has 1 aliphatic rings. The molecule has 1 aromatic rings. The Balaban J connectivity index is 2.33. The fourth-order valence-corrected chi connectivity index (χ4v) is 2.37. The fraction of sp³-hybridized carbons (Fsp3) is 0.538. The van der Waals surface area contributed by atoms with Gasteiger partial charge in [-0.05, 0) is 37.6 Å². The lowest BCUT2D eigenvalue weighted by Crippen LogP contribution is -2.44. The van der Waals surface area contributed by atoms with E-state index in [1.165, 1.54) is 7.11 Å². The van der Waals surface area contributed by atoms with Gasteiger partial charge < -0.3 is 14.8 Å². The molecule has 0 saturated carbocycles. The maximum Gasteiger partial charge on any atom is 0.165 e. The van der Waals surface area contributed by atoms with Crippen LogP contribution in [0.5, 0.6) is 5.75 Å². The Hall–Kier alpha value is -1.13. The van der Waals surface area contributed by atoms with Crippen LogP contribution < -0.4 is 10.1 Å². The lowest BCUT2D eigenvalue weighted by molar-refractivity contribution is 0.0397. The standard InChI is InChI=1S/C13H18FNO2/c1-15-13(5-7-17-8-6-13)10-3-4-12(16-2)11(14)9-10/h3-4,9,15H,5-8H2,1-2H3. The van der Waals surface area contributed by atoms with Crippen LogP contribution in [0.15, 0.2) is 18.2 Å². The lowest BCUT2D eigenvalue weighted by atomic mass is 9.83.